The van der Waals surface area contributed by atoms with E-state index in [1.165, 1.54) is 0 Å². The summed E-state index contributed by atoms with van der Waals surface area (Å²) in [6, 6.07) is 18.6. The number of hydrogen-bond acceptors (Lipinski definition) is 3. The summed E-state index contributed by atoms with van der Waals surface area (Å²) in [5.74, 6) is 0.156. The van der Waals surface area contributed by atoms with Crippen LogP contribution in [0.5, 0.6) is 0 Å². The van der Waals surface area contributed by atoms with Crippen LogP contribution in [0.25, 0.3) is 17.1 Å². The zero-order chi connectivity index (χ0) is 22.1. The van der Waals surface area contributed by atoms with Crippen LogP contribution >= 0.6 is 23.2 Å². The summed E-state index contributed by atoms with van der Waals surface area (Å²) in [6.45, 7) is 5.95. The van der Waals surface area contributed by atoms with Crippen molar-refractivity contribution in [1.29, 1.82) is 0 Å². The van der Waals surface area contributed by atoms with Gasteiger partial charge in [-0.2, -0.15) is 0 Å². The lowest BCUT2D eigenvalue weighted by Crippen LogP contribution is -2.14. The largest absolute Gasteiger partial charge is 0.319 e. The molecule has 0 aliphatic rings. The molecule has 0 fully saturated rings. The number of benzene rings is 3. The van der Waals surface area contributed by atoms with E-state index in [1.807, 2.05) is 57.2 Å². The molecule has 0 aliphatic carbocycles. The van der Waals surface area contributed by atoms with Gasteiger partial charge in [-0.15, -0.1) is 5.10 Å². The van der Waals surface area contributed by atoms with Gasteiger partial charge in [-0.1, -0.05) is 53.5 Å². The predicted molar refractivity (Wildman–Crippen MR) is 125 cm³/mol. The number of halogens is 2. The number of hydrogen-bond donors (Lipinski definition) is 1. The van der Waals surface area contributed by atoms with Crippen molar-refractivity contribution in [2.75, 3.05) is 5.32 Å². The van der Waals surface area contributed by atoms with Crippen LogP contribution in [0.2, 0.25) is 10.0 Å². The van der Waals surface area contributed by atoms with Crippen LogP contribution in [0, 0.1) is 20.8 Å². The number of nitrogens with one attached hydrogen (secondary N) is 1. The van der Waals surface area contributed by atoms with E-state index in [0.717, 1.165) is 27.9 Å². The molecule has 4 aromatic rings. The average Bonchev–Trinajstić information content (AvgIpc) is 3.18. The minimum absolute atomic E-state index is 0.0487. The number of anilines is 1. The highest BCUT2D eigenvalue weighted by Gasteiger charge is 2.20. The lowest BCUT2D eigenvalue weighted by Gasteiger charge is -2.11. The summed E-state index contributed by atoms with van der Waals surface area (Å²) in [4.78, 5) is 17.5. The Bertz CT molecular complexity index is 1300. The molecule has 156 valence electrons. The average molecular weight is 451 g/mol. The van der Waals surface area contributed by atoms with Gasteiger partial charge in [-0.3, -0.25) is 4.79 Å². The molecular weight excluding hydrogens is 431 g/mol. The first-order valence-corrected chi connectivity index (χ1v) is 10.5. The molecule has 1 aromatic heterocycles. The molecule has 1 N–H and O–H groups in total. The summed E-state index contributed by atoms with van der Waals surface area (Å²) in [5.41, 5.74) is 5.28. The molecule has 0 unspecified atom stereocenters. The van der Waals surface area contributed by atoms with Crippen molar-refractivity contribution >= 4 is 34.8 Å². The zero-order valence-corrected chi connectivity index (χ0v) is 18.8. The Morgan fingerprint density at radius 3 is 2.45 bits per heavy atom. The maximum absolute atomic E-state index is 12.9. The first-order valence-electron chi connectivity index (χ1n) is 9.70. The van der Waals surface area contributed by atoms with Crippen LogP contribution in [0.15, 0.2) is 60.7 Å². The van der Waals surface area contributed by atoms with Gasteiger partial charge >= 0.3 is 0 Å². The predicted octanol–water partition coefficient (Wildman–Crippen LogP) is 6.42. The molecule has 5 nitrogen and oxygen atoms in total. The number of nitrogens with zero attached hydrogens (tertiary/aromatic N) is 3. The van der Waals surface area contributed by atoms with Crippen LogP contribution in [-0.2, 0) is 0 Å². The second-order valence-electron chi connectivity index (χ2n) is 7.32. The fourth-order valence-electron chi connectivity index (χ4n) is 3.21. The Kier molecular flexibility index (Phi) is 5.81. The van der Waals surface area contributed by atoms with Crippen LogP contribution in [0.3, 0.4) is 0 Å². The third kappa shape index (κ3) is 4.33. The molecule has 0 radical (unpaired) electrons. The standard InChI is InChI=1S/C24H20Cl2N4O/c1-14-6-4-9-21(16(14)3)30-23(17-7-5-8-18(25)12-17)28-22(29-30)24(31)27-19-11-10-15(2)20(26)13-19/h4-13H,1-3H3,(H,27,31). The minimum atomic E-state index is -0.424. The Morgan fingerprint density at radius 2 is 1.71 bits per heavy atom. The first-order chi connectivity index (χ1) is 14.8. The minimum Gasteiger partial charge on any atom is -0.319 e. The number of aryl methyl sites for hydroxylation is 2. The maximum atomic E-state index is 12.9. The van der Waals surface area contributed by atoms with E-state index in [1.54, 1.807) is 28.9 Å². The fraction of sp³-hybridized carbons (Fsp3) is 0.125. The lowest BCUT2D eigenvalue weighted by atomic mass is 10.1. The molecule has 31 heavy (non-hydrogen) atoms. The SMILES string of the molecule is Cc1ccc(NC(=O)c2nc(-c3cccc(Cl)c3)n(-c3cccc(C)c3C)n2)cc1Cl. The van der Waals surface area contributed by atoms with Gasteiger partial charge in [0, 0.05) is 21.3 Å². The molecule has 7 heteroatoms. The van der Waals surface area contributed by atoms with E-state index in [4.69, 9.17) is 23.2 Å². The van der Waals surface area contributed by atoms with Gasteiger partial charge in [0.05, 0.1) is 5.69 Å². The molecule has 3 aromatic carbocycles. The number of carbonyl (C=O) groups excluding carboxylic acids is 1. The summed E-state index contributed by atoms with van der Waals surface area (Å²) < 4.78 is 1.69. The molecule has 0 bridgehead atoms. The summed E-state index contributed by atoms with van der Waals surface area (Å²) in [5, 5.41) is 8.51. The number of rotatable bonds is 4. The molecule has 0 saturated carbocycles. The Balaban J connectivity index is 1.80. The smallest absolute Gasteiger partial charge is 0.295 e. The van der Waals surface area contributed by atoms with E-state index in [0.29, 0.717) is 21.6 Å². The molecule has 1 heterocycles. The second kappa shape index (κ2) is 8.53. The van der Waals surface area contributed by atoms with Gasteiger partial charge in [0.15, 0.2) is 5.82 Å². The van der Waals surface area contributed by atoms with Crippen LogP contribution < -0.4 is 5.32 Å². The van der Waals surface area contributed by atoms with Gasteiger partial charge < -0.3 is 5.32 Å². The molecule has 0 atom stereocenters. The quantitative estimate of drug-likeness (QED) is 0.390. The maximum Gasteiger partial charge on any atom is 0.295 e. The fourth-order valence-corrected chi connectivity index (χ4v) is 3.58. The van der Waals surface area contributed by atoms with Gasteiger partial charge in [0.25, 0.3) is 5.91 Å². The van der Waals surface area contributed by atoms with Crippen molar-refractivity contribution in [3.8, 4) is 17.1 Å². The van der Waals surface area contributed by atoms with E-state index in [2.05, 4.69) is 15.4 Å². The van der Waals surface area contributed by atoms with Crippen LogP contribution in [0.1, 0.15) is 27.3 Å². The topological polar surface area (TPSA) is 59.8 Å². The molecule has 1 amide bonds. The van der Waals surface area contributed by atoms with Crippen molar-refractivity contribution in [3.05, 3.63) is 93.2 Å². The molecular formula is C24H20Cl2N4O. The van der Waals surface area contributed by atoms with Crippen molar-refractivity contribution in [3.63, 3.8) is 0 Å². The van der Waals surface area contributed by atoms with Crippen molar-refractivity contribution in [1.82, 2.24) is 14.8 Å². The van der Waals surface area contributed by atoms with E-state index in [-0.39, 0.29) is 5.82 Å². The van der Waals surface area contributed by atoms with Gasteiger partial charge in [-0.05, 0) is 67.8 Å². The van der Waals surface area contributed by atoms with Gasteiger partial charge in [0.1, 0.15) is 0 Å². The number of aromatic nitrogens is 3. The van der Waals surface area contributed by atoms with Crippen LogP contribution in [0.4, 0.5) is 5.69 Å². The van der Waals surface area contributed by atoms with E-state index >= 15 is 0 Å². The summed E-state index contributed by atoms with van der Waals surface area (Å²) in [6.07, 6.45) is 0. The number of carbonyl (C=O) groups is 1. The van der Waals surface area contributed by atoms with Crippen molar-refractivity contribution in [2.45, 2.75) is 20.8 Å². The third-order valence-corrected chi connectivity index (χ3v) is 5.77. The van der Waals surface area contributed by atoms with E-state index in [9.17, 15) is 4.79 Å². The normalized spacial score (nSPS) is 10.9. The van der Waals surface area contributed by atoms with Gasteiger partial charge in [-0.25, -0.2) is 9.67 Å². The van der Waals surface area contributed by atoms with Gasteiger partial charge in [0.2, 0.25) is 5.82 Å². The van der Waals surface area contributed by atoms with E-state index < -0.39 is 5.91 Å². The molecule has 0 saturated heterocycles. The molecule has 0 aliphatic heterocycles. The highest BCUT2D eigenvalue weighted by atomic mass is 35.5. The summed E-state index contributed by atoms with van der Waals surface area (Å²) >= 11 is 12.4. The van der Waals surface area contributed by atoms with Crippen LogP contribution in [-0.4, -0.2) is 20.7 Å². The highest BCUT2D eigenvalue weighted by Crippen LogP contribution is 2.27. The Labute approximate surface area is 190 Å². The Morgan fingerprint density at radius 1 is 0.935 bits per heavy atom. The Hall–Kier alpha value is -3.15. The zero-order valence-electron chi connectivity index (χ0n) is 17.3. The van der Waals surface area contributed by atoms with Crippen molar-refractivity contribution < 1.29 is 4.79 Å². The second-order valence-corrected chi connectivity index (χ2v) is 8.16. The monoisotopic (exact) mass is 450 g/mol. The third-order valence-electron chi connectivity index (χ3n) is 5.13. The van der Waals surface area contributed by atoms with Crippen molar-refractivity contribution in [2.24, 2.45) is 0 Å². The summed E-state index contributed by atoms with van der Waals surface area (Å²) in [7, 11) is 0. The highest BCUT2D eigenvalue weighted by molar-refractivity contribution is 6.31. The first kappa shape index (κ1) is 21.1. The lowest BCUT2D eigenvalue weighted by molar-refractivity contribution is 0.101. The molecule has 0 spiro atoms. The number of amides is 1. The molecule has 4 rings (SSSR count).